The van der Waals surface area contributed by atoms with E-state index < -0.39 is 0 Å². The van der Waals surface area contributed by atoms with Gasteiger partial charge < -0.3 is 9.84 Å². The number of ether oxygens (including phenoxy) is 1. The molecule has 0 radical (unpaired) electrons. The summed E-state index contributed by atoms with van der Waals surface area (Å²) in [5.74, 6) is 6.43. The Balaban J connectivity index is 1.98. The zero-order valence-electron chi connectivity index (χ0n) is 10.5. The van der Waals surface area contributed by atoms with Crippen LogP contribution < -0.4 is 4.74 Å². The van der Waals surface area contributed by atoms with Gasteiger partial charge in [-0.3, -0.25) is 0 Å². The fourth-order valence-corrected chi connectivity index (χ4v) is 2.54. The zero-order valence-corrected chi connectivity index (χ0v) is 12.9. The summed E-state index contributed by atoms with van der Waals surface area (Å²) in [6.07, 6.45) is 0.486. The maximum absolute atomic E-state index is 8.66. The highest BCUT2D eigenvalue weighted by atomic mass is 35.5. The van der Waals surface area contributed by atoms with Crippen molar-refractivity contribution in [1.82, 2.24) is 0 Å². The van der Waals surface area contributed by atoms with Gasteiger partial charge in [0.15, 0.2) is 0 Å². The quantitative estimate of drug-likeness (QED) is 0.845. The maximum atomic E-state index is 8.66. The third kappa shape index (κ3) is 4.43. The Kier molecular flexibility index (Phi) is 5.75. The standard InChI is InChI=1S/C15H12Cl2O2S/c16-12-4-5-14(17)15(8-12)19-9-13-7-11(10-20-13)3-1-2-6-18/h4-5,7-8,10,18H,2,6,9H2. The summed E-state index contributed by atoms with van der Waals surface area (Å²) in [5.41, 5.74) is 0.930. The van der Waals surface area contributed by atoms with Crippen molar-refractivity contribution in [3.63, 3.8) is 0 Å². The zero-order chi connectivity index (χ0) is 14.4. The molecule has 104 valence electrons. The fraction of sp³-hybridized carbons (Fsp3) is 0.200. The van der Waals surface area contributed by atoms with Gasteiger partial charge in [0, 0.05) is 33.3 Å². The Labute approximate surface area is 131 Å². The molecular weight excluding hydrogens is 315 g/mol. The second-order valence-electron chi connectivity index (χ2n) is 3.94. The average Bonchev–Trinajstić information content (AvgIpc) is 2.88. The van der Waals surface area contributed by atoms with Crippen molar-refractivity contribution in [2.75, 3.05) is 6.61 Å². The minimum absolute atomic E-state index is 0.0837. The van der Waals surface area contributed by atoms with Gasteiger partial charge >= 0.3 is 0 Å². The Morgan fingerprint density at radius 3 is 2.90 bits per heavy atom. The molecule has 5 heteroatoms. The number of hydrogen-bond acceptors (Lipinski definition) is 3. The molecule has 0 spiro atoms. The van der Waals surface area contributed by atoms with Gasteiger partial charge in [-0.1, -0.05) is 35.0 Å². The number of aliphatic hydroxyl groups is 1. The van der Waals surface area contributed by atoms with Crippen molar-refractivity contribution in [1.29, 1.82) is 0 Å². The van der Waals surface area contributed by atoms with E-state index in [9.17, 15) is 0 Å². The molecule has 2 aromatic rings. The predicted molar refractivity (Wildman–Crippen MR) is 83.7 cm³/mol. The lowest BCUT2D eigenvalue weighted by Gasteiger charge is -2.06. The molecule has 0 saturated heterocycles. The van der Waals surface area contributed by atoms with E-state index in [1.165, 1.54) is 0 Å². The highest BCUT2D eigenvalue weighted by Crippen LogP contribution is 2.29. The molecule has 0 aliphatic rings. The van der Waals surface area contributed by atoms with Crippen LogP contribution in [0.1, 0.15) is 16.9 Å². The molecule has 20 heavy (non-hydrogen) atoms. The summed E-state index contributed by atoms with van der Waals surface area (Å²) in [4.78, 5) is 1.05. The van der Waals surface area contributed by atoms with Crippen LogP contribution in [0.15, 0.2) is 29.6 Å². The van der Waals surface area contributed by atoms with E-state index in [2.05, 4.69) is 11.8 Å². The van der Waals surface area contributed by atoms with Gasteiger partial charge in [-0.2, -0.15) is 0 Å². The van der Waals surface area contributed by atoms with Crippen LogP contribution in [0.4, 0.5) is 0 Å². The van der Waals surface area contributed by atoms with Crippen LogP contribution in [0, 0.1) is 11.8 Å². The van der Waals surface area contributed by atoms with E-state index in [1.807, 2.05) is 11.4 Å². The average molecular weight is 327 g/mol. The minimum atomic E-state index is 0.0837. The SMILES string of the molecule is OCCC#Cc1csc(COc2cc(Cl)ccc2Cl)c1. The van der Waals surface area contributed by atoms with Crippen LogP contribution in [0.5, 0.6) is 5.75 Å². The monoisotopic (exact) mass is 326 g/mol. The maximum Gasteiger partial charge on any atom is 0.139 e. The molecule has 1 heterocycles. The van der Waals surface area contributed by atoms with Gasteiger partial charge in [-0.15, -0.1) is 11.3 Å². The second kappa shape index (κ2) is 7.56. The van der Waals surface area contributed by atoms with Crippen LogP contribution in [0.3, 0.4) is 0 Å². The van der Waals surface area contributed by atoms with Crippen molar-refractivity contribution in [3.05, 3.63) is 50.1 Å². The van der Waals surface area contributed by atoms with Crippen LogP contribution in [-0.2, 0) is 6.61 Å². The van der Waals surface area contributed by atoms with E-state index in [-0.39, 0.29) is 6.61 Å². The summed E-state index contributed by atoms with van der Waals surface area (Å²) in [7, 11) is 0. The molecule has 0 amide bonds. The summed E-state index contributed by atoms with van der Waals surface area (Å²) in [6, 6.07) is 7.09. The smallest absolute Gasteiger partial charge is 0.139 e. The van der Waals surface area contributed by atoms with Gasteiger partial charge in [-0.05, 0) is 18.2 Å². The molecular formula is C15H12Cl2O2S. The molecule has 2 nitrogen and oxygen atoms in total. The number of thiophene rings is 1. The van der Waals surface area contributed by atoms with E-state index in [0.717, 1.165) is 10.4 Å². The van der Waals surface area contributed by atoms with Gasteiger partial charge in [0.25, 0.3) is 0 Å². The number of aliphatic hydroxyl groups excluding tert-OH is 1. The van der Waals surface area contributed by atoms with Crippen LogP contribution in [0.25, 0.3) is 0 Å². The number of halogens is 2. The summed E-state index contributed by atoms with van der Waals surface area (Å²) < 4.78 is 5.65. The van der Waals surface area contributed by atoms with Crippen LogP contribution in [0.2, 0.25) is 10.0 Å². The van der Waals surface area contributed by atoms with Crippen LogP contribution in [-0.4, -0.2) is 11.7 Å². The Bertz CT molecular complexity index is 641. The highest BCUT2D eigenvalue weighted by Gasteiger charge is 2.04. The second-order valence-corrected chi connectivity index (χ2v) is 5.78. The lowest BCUT2D eigenvalue weighted by Crippen LogP contribution is -1.93. The minimum Gasteiger partial charge on any atom is -0.486 e. The van der Waals surface area contributed by atoms with Gasteiger partial charge in [0.1, 0.15) is 12.4 Å². The van der Waals surface area contributed by atoms with E-state index in [1.54, 1.807) is 29.5 Å². The highest BCUT2D eigenvalue weighted by molar-refractivity contribution is 7.10. The molecule has 0 fully saturated rings. The third-order valence-electron chi connectivity index (χ3n) is 2.39. The van der Waals surface area contributed by atoms with E-state index in [4.69, 9.17) is 33.0 Å². The third-order valence-corrected chi connectivity index (χ3v) is 3.84. The topological polar surface area (TPSA) is 29.5 Å². The van der Waals surface area contributed by atoms with E-state index >= 15 is 0 Å². The molecule has 0 aliphatic heterocycles. The Hall–Kier alpha value is -1.18. The summed E-state index contributed by atoms with van der Waals surface area (Å²) in [5, 5.41) is 11.8. The molecule has 1 aromatic heterocycles. The van der Waals surface area contributed by atoms with E-state index in [0.29, 0.717) is 28.8 Å². The molecule has 0 unspecified atom stereocenters. The first-order valence-electron chi connectivity index (χ1n) is 5.94. The molecule has 2 rings (SSSR count). The molecule has 0 atom stereocenters. The number of hydrogen-bond donors (Lipinski definition) is 1. The predicted octanol–water partition coefficient (Wildman–Crippen LogP) is 4.37. The van der Waals surface area contributed by atoms with Crippen molar-refractivity contribution < 1.29 is 9.84 Å². The lowest BCUT2D eigenvalue weighted by molar-refractivity contribution is 0.305. The largest absolute Gasteiger partial charge is 0.486 e. The summed E-state index contributed by atoms with van der Waals surface area (Å²) in [6.45, 7) is 0.507. The molecule has 1 N–H and O–H groups in total. The number of rotatable bonds is 4. The van der Waals surface area contributed by atoms with Crippen molar-refractivity contribution in [2.45, 2.75) is 13.0 Å². The molecule has 0 aliphatic carbocycles. The number of benzene rings is 1. The van der Waals surface area contributed by atoms with Crippen molar-refractivity contribution in [3.8, 4) is 17.6 Å². The molecule has 1 aromatic carbocycles. The first kappa shape index (κ1) is 15.2. The Morgan fingerprint density at radius 1 is 1.25 bits per heavy atom. The molecule has 0 saturated carbocycles. The normalized spacial score (nSPS) is 9.95. The summed E-state index contributed by atoms with van der Waals surface area (Å²) >= 11 is 13.5. The first-order valence-corrected chi connectivity index (χ1v) is 7.57. The Morgan fingerprint density at radius 2 is 2.10 bits per heavy atom. The van der Waals surface area contributed by atoms with Crippen LogP contribution >= 0.6 is 34.5 Å². The van der Waals surface area contributed by atoms with Gasteiger partial charge in [0.2, 0.25) is 0 Å². The van der Waals surface area contributed by atoms with Crippen molar-refractivity contribution >= 4 is 34.5 Å². The van der Waals surface area contributed by atoms with Gasteiger partial charge in [-0.25, -0.2) is 0 Å². The first-order chi connectivity index (χ1) is 9.69. The van der Waals surface area contributed by atoms with Crippen molar-refractivity contribution in [2.24, 2.45) is 0 Å². The molecule has 0 bridgehead atoms. The lowest BCUT2D eigenvalue weighted by atomic mass is 10.3. The van der Waals surface area contributed by atoms with Gasteiger partial charge in [0.05, 0.1) is 11.6 Å². The fourth-order valence-electron chi connectivity index (χ4n) is 1.48.